The highest BCUT2D eigenvalue weighted by atomic mass is 35.5. The molecule has 2 unspecified atom stereocenters. The topological polar surface area (TPSA) is 32.3 Å². The molecule has 0 aromatic heterocycles. The van der Waals surface area contributed by atoms with Gasteiger partial charge in [0.25, 0.3) is 0 Å². The van der Waals surface area contributed by atoms with Gasteiger partial charge in [-0.2, -0.15) is 0 Å². The highest BCUT2D eigenvalue weighted by molar-refractivity contribution is 6.31. The first-order chi connectivity index (χ1) is 10.2. The van der Waals surface area contributed by atoms with Crippen LogP contribution in [0.15, 0.2) is 24.3 Å². The van der Waals surface area contributed by atoms with Gasteiger partial charge in [0.2, 0.25) is 5.91 Å². The molecule has 3 rings (SSSR count). The van der Waals surface area contributed by atoms with Crippen molar-refractivity contribution in [1.82, 2.24) is 10.2 Å². The van der Waals surface area contributed by atoms with Gasteiger partial charge in [-0.05, 0) is 50.3 Å². The summed E-state index contributed by atoms with van der Waals surface area (Å²) in [6, 6.07) is 8.68. The van der Waals surface area contributed by atoms with Gasteiger partial charge in [0.05, 0.1) is 0 Å². The molecule has 5 heteroatoms. The number of nitrogens with one attached hydrogen (secondary N) is 1. The van der Waals surface area contributed by atoms with Crippen LogP contribution in [0.5, 0.6) is 0 Å². The quantitative estimate of drug-likeness (QED) is 0.908. The predicted octanol–water partition coefficient (Wildman–Crippen LogP) is 3.44. The van der Waals surface area contributed by atoms with E-state index < -0.39 is 0 Å². The third-order valence-electron chi connectivity index (χ3n) is 4.69. The van der Waals surface area contributed by atoms with E-state index in [-0.39, 0.29) is 12.4 Å². The summed E-state index contributed by atoms with van der Waals surface area (Å²) >= 11 is 6.25. The lowest BCUT2D eigenvalue weighted by Gasteiger charge is -2.26. The summed E-state index contributed by atoms with van der Waals surface area (Å²) in [5.74, 6) is 0.309. The second-order valence-corrected chi connectivity index (χ2v) is 6.58. The number of amides is 1. The zero-order valence-electron chi connectivity index (χ0n) is 12.8. The molecule has 1 aromatic rings. The molecule has 2 saturated heterocycles. The third kappa shape index (κ3) is 4.15. The van der Waals surface area contributed by atoms with Crippen molar-refractivity contribution in [3.8, 4) is 0 Å². The molecular formula is C17H24Cl2N2O. The smallest absolute Gasteiger partial charge is 0.224 e. The first-order valence-electron chi connectivity index (χ1n) is 8.00. The highest BCUT2D eigenvalue weighted by Gasteiger charge is 2.30. The maximum Gasteiger partial charge on any atom is 0.224 e. The average Bonchev–Trinajstić information content (AvgIpc) is 3.12. The minimum absolute atomic E-state index is 0. The van der Waals surface area contributed by atoms with Crippen LogP contribution in [0.1, 0.15) is 37.7 Å². The molecule has 2 fully saturated rings. The Morgan fingerprint density at radius 3 is 2.82 bits per heavy atom. The van der Waals surface area contributed by atoms with Crippen molar-refractivity contribution in [2.45, 2.75) is 50.6 Å². The lowest BCUT2D eigenvalue weighted by Crippen LogP contribution is -2.39. The van der Waals surface area contributed by atoms with Gasteiger partial charge in [-0.3, -0.25) is 4.79 Å². The Kier molecular flexibility index (Phi) is 6.54. The van der Waals surface area contributed by atoms with Crippen LogP contribution in [0, 0.1) is 0 Å². The molecule has 1 amide bonds. The van der Waals surface area contributed by atoms with Crippen molar-refractivity contribution < 1.29 is 4.79 Å². The fourth-order valence-corrected chi connectivity index (χ4v) is 3.77. The van der Waals surface area contributed by atoms with Gasteiger partial charge in [0.1, 0.15) is 0 Å². The highest BCUT2D eigenvalue weighted by Crippen LogP contribution is 2.26. The number of halogens is 2. The summed E-state index contributed by atoms with van der Waals surface area (Å²) in [6.45, 7) is 1.96. The number of benzene rings is 1. The van der Waals surface area contributed by atoms with Gasteiger partial charge in [-0.25, -0.2) is 0 Å². The molecule has 0 saturated carbocycles. The van der Waals surface area contributed by atoms with Gasteiger partial charge >= 0.3 is 0 Å². The maximum atomic E-state index is 12.5. The van der Waals surface area contributed by atoms with E-state index in [0.29, 0.717) is 24.4 Å². The summed E-state index contributed by atoms with van der Waals surface area (Å²) in [7, 11) is 0. The van der Waals surface area contributed by atoms with E-state index in [1.165, 1.54) is 6.42 Å². The molecular weight excluding hydrogens is 319 g/mol. The summed E-state index contributed by atoms with van der Waals surface area (Å²) in [6.07, 6.45) is 6.06. The number of nitrogens with zero attached hydrogens (tertiary/aromatic N) is 1. The van der Waals surface area contributed by atoms with Crippen LogP contribution in [0.3, 0.4) is 0 Å². The monoisotopic (exact) mass is 342 g/mol. The summed E-state index contributed by atoms with van der Waals surface area (Å²) < 4.78 is 0. The third-order valence-corrected chi connectivity index (χ3v) is 5.06. The number of hydrogen-bond acceptors (Lipinski definition) is 2. The van der Waals surface area contributed by atoms with Crippen LogP contribution in [0.4, 0.5) is 0 Å². The molecule has 22 heavy (non-hydrogen) atoms. The number of carbonyl (C=O) groups is 1. The molecule has 3 nitrogen and oxygen atoms in total. The SMILES string of the molecule is Cl.O=C(CC1CCCN1)N1CCCC1Cc1ccccc1Cl. The molecule has 2 aliphatic heterocycles. The molecule has 2 aliphatic rings. The van der Waals surface area contributed by atoms with Crippen molar-refractivity contribution in [3.05, 3.63) is 34.9 Å². The molecule has 1 aromatic carbocycles. The van der Waals surface area contributed by atoms with Crippen molar-refractivity contribution >= 4 is 29.9 Å². The van der Waals surface area contributed by atoms with Crippen LogP contribution in [0.2, 0.25) is 5.02 Å². The van der Waals surface area contributed by atoms with Crippen LogP contribution < -0.4 is 5.32 Å². The average molecular weight is 343 g/mol. The molecule has 0 radical (unpaired) electrons. The Bertz CT molecular complexity index is 503. The Balaban J connectivity index is 0.00000176. The van der Waals surface area contributed by atoms with E-state index >= 15 is 0 Å². The van der Waals surface area contributed by atoms with E-state index in [1.54, 1.807) is 0 Å². The largest absolute Gasteiger partial charge is 0.339 e. The lowest BCUT2D eigenvalue weighted by molar-refractivity contribution is -0.132. The maximum absolute atomic E-state index is 12.5. The summed E-state index contributed by atoms with van der Waals surface area (Å²) in [5, 5.41) is 4.23. The van der Waals surface area contributed by atoms with Crippen LogP contribution >= 0.6 is 24.0 Å². The van der Waals surface area contributed by atoms with Crippen LogP contribution in [0.25, 0.3) is 0 Å². The Morgan fingerprint density at radius 1 is 1.27 bits per heavy atom. The summed E-state index contributed by atoms with van der Waals surface area (Å²) in [5.41, 5.74) is 1.16. The Labute approximate surface area is 143 Å². The Morgan fingerprint density at radius 2 is 2.09 bits per heavy atom. The molecule has 122 valence electrons. The van der Waals surface area contributed by atoms with Crippen molar-refractivity contribution in [2.75, 3.05) is 13.1 Å². The number of hydrogen-bond donors (Lipinski definition) is 1. The summed E-state index contributed by atoms with van der Waals surface area (Å²) in [4.78, 5) is 14.6. The second kappa shape index (κ2) is 8.19. The van der Waals surface area contributed by atoms with E-state index in [9.17, 15) is 4.79 Å². The fraction of sp³-hybridized carbons (Fsp3) is 0.588. The number of carbonyl (C=O) groups excluding carboxylic acids is 1. The lowest BCUT2D eigenvalue weighted by atomic mass is 10.0. The molecule has 0 aliphatic carbocycles. The van der Waals surface area contributed by atoms with Crippen LogP contribution in [-0.2, 0) is 11.2 Å². The van der Waals surface area contributed by atoms with E-state index in [4.69, 9.17) is 11.6 Å². The van der Waals surface area contributed by atoms with E-state index in [2.05, 4.69) is 16.3 Å². The van der Waals surface area contributed by atoms with Gasteiger partial charge < -0.3 is 10.2 Å². The minimum atomic E-state index is 0. The zero-order valence-corrected chi connectivity index (χ0v) is 14.3. The van der Waals surface area contributed by atoms with Crippen LogP contribution in [-0.4, -0.2) is 36.0 Å². The minimum Gasteiger partial charge on any atom is -0.339 e. The first kappa shape index (κ1) is 17.6. The number of likely N-dealkylation sites (tertiary alicyclic amines) is 1. The molecule has 1 N–H and O–H groups in total. The van der Waals surface area contributed by atoms with Gasteiger partial charge in [0.15, 0.2) is 0 Å². The predicted molar refractivity (Wildman–Crippen MR) is 92.8 cm³/mol. The molecule has 0 spiro atoms. The van der Waals surface area contributed by atoms with Crippen molar-refractivity contribution in [1.29, 1.82) is 0 Å². The standard InChI is InChI=1S/C17H23ClN2O.ClH/c18-16-8-2-1-5-13(16)11-15-7-4-10-20(15)17(21)12-14-6-3-9-19-14;/h1-2,5,8,14-15,19H,3-4,6-7,9-12H2;1H. The molecule has 0 bridgehead atoms. The number of rotatable bonds is 4. The van der Waals surface area contributed by atoms with Gasteiger partial charge in [-0.15, -0.1) is 12.4 Å². The normalized spacial score (nSPS) is 24.3. The van der Waals surface area contributed by atoms with Gasteiger partial charge in [0, 0.05) is 30.1 Å². The van der Waals surface area contributed by atoms with E-state index in [1.807, 2.05) is 18.2 Å². The fourth-order valence-electron chi connectivity index (χ4n) is 3.55. The molecule has 2 heterocycles. The first-order valence-corrected chi connectivity index (χ1v) is 8.38. The van der Waals surface area contributed by atoms with Gasteiger partial charge in [-0.1, -0.05) is 29.8 Å². The molecule has 2 atom stereocenters. The van der Waals surface area contributed by atoms with Crippen molar-refractivity contribution in [2.24, 2.45) is 0 Å². The second-order valence-electron chi connectivity index (χ2n) is 6.18. The van der Waals surface area contributed by atoms with Crippen molar-refractivity contribution in [3.63, 3.8) is 0 Å². The Hall–Kier alpha value is -0.770. The van der Waals surface area contributed by atoms with E-state index in [0.717, 1.165) is 49.4 Å². The zero-order chi connectivity index (χ0) is 14.7.